The van der Waals surface area contributed by atoms with Crippen molar-refractivity contribution in [2.24, 2.45) is 0 Å². The van der Waals surface area contributed by atoms with E-state index < -0.39 is 5.97 Å². The van der Waals surface area contributed by atoms with Gasteiger partial charge in [0.25, 0.3) is 0 Å². The fourth-order valence-corrected chi connectivity index (χ4v) is 2.88. The quantitative estimate of drug-likeness (QED) is 0.879. The van der Waals surface area contributed by atoms with Gasteiger partial charge in [-0.1, -0.05) is 6.07 Å². The molecule has 1 N–H and O–H groups in total. The lowest BCUT2D eigenvalue weighted by atomic mass is 10.2. The highest BCUT2D eigenvalue weighted by molar-refractivity contribution is 8.00. The summed E-state index contributed by atoms with van der Waals surface area (Å²) in [5, 5.41) is 9.34. The number of carboxylic acids is 1. The largest absolute Gasteiger partial charge is 0.478 e. The molecule has 16 heavy (non-hydrogen) atoms. The van der Waals surface area contributed by atoms with Gasteiger partial charge in [-0.2, -0.15) is 0 Å². The minimum Gasteiger partial charge on any atom is -0.478 e. The number of rotatable bonds is 3. The highest BCUT2D eigenvalue weighted by atomic mass is 32.2. The SMILES string of the molecule is O=C(O)c1cccc(SC2CCCOC2)c1. The van der Waals surface area contributed by atoms with Gasteiger partial charge in [-0.3, -0.25) is 0 Å². The van der Waals surface area contributed by atoms with E-state index in [9.17, 15) is 4.79 Å². The van der Waals surface area contributed by atoms with Crippen LogP contribution in [0.5, 0.6) is 0 Å². The van der Waals surface area contributed by atoms with E-state index in [0.717, 1.165) is 31.0 Å². The van der Waals surface area contributed by atoms with E-state index >= 15 is 0 Å². The Bertz CT molecular complexity index is 372. The number of hydrogen-bond donors (Lipinski definition) is 1. The third-order valence-corrected chi connectivity index (χ3v) is 3.73. The zero-order valence-corrected chi connectivity index (χ0v) is 9.70. The van der Waals surface area contributed by atoms with Crippen molar-refractivity contribution in [1.29, 1.82) is 0 Å². The molecule has 1 heterocycles. The minimum absolute atomic E-state index is 0.349. The molecule has 1 unspecified atom stereocenters. The van der Waals surface area contributed by atoms with Crippen LogP contribution in [0, 0.1) is 0 Å². The van der Waals surface area contributed by atoms with Gasteiger partial charge >= 0.3 is 5.97 Å². The number of thioether (sulfide) groups is 1. The van der Waals surface area contributed by atoms with E-state index in [1.165, 1.54) is 0 Å². The first-order chi connectivity index (χ1) is 7.75. The summed E-state index contributed by atoms with van der Waals surface area (Å²) in [6.07, 6.45) is 2.23. The van der Waals surface area contributed by atoms with Crippen LogP contribution in [-0.4, -0.2) is 29.5 Å². The maximum absolute atomic E-state index is 10.8. The zero-order valence-electron chi connectivity index (χ0n) is 8.89. The van der Waals surface area contributed by atoms with Crippen molar-refractivity contribution >= 4 is 17.7 Å². The van der Waals surface area contributed by atoms with Gasteiger partial charge in [-0.05, 0) is 31.0 Å². The topological polar surface area (TPSA) is 46.5 Å². The zero-order chi connectivity index (χ0) is 11.4. The number of ether oxygens (including phenoxy) is 1. The van der Waals surface area contributed by atoms with E-state index in [2.05, 4.69) is 0 Å². The molecule has 0 aromatic heterocycles. The van der Waals surface area contributed by atoms with Crippen LogP contribution in [0.1, 0.15) is 23.2 Å². The molecule has 1 aromatic carbocycles. The Morgan fingerprint density at radius 3 is 3.06 bits per heavy atom. The van der Waals surface area contributed by atoms with Crippen LogP contribution < -0.4 is 0 Å². The molecule has 3 nitrogen and oxygen atoms in total. The van der Waals surface area contributed by atoms with Crippen molar-refractivity contribution in [3.63, 3.8) is 0 Å². The van der Waals surface area contributed by atoms with Gasteiger partial charge < -0.3 is 9.84 Å². The minimum atomic E-state index is -0.873. The van der Waals surface area contributed by atoms with Gasteiger partial charge in [-0.25, -0.2) is 4.79 Å². The van der Waals surface area contributed by atoms with E-state index in [-0.39, 0.29) is 0 Å². The van der Waals surface area contributed by atoms with Crippen molar-refractivity contribution in [2.45, 2.75) is 23.0 Å². The van der Waals surface area contributed by atoms with Crippen LogP contribution in [0.15, 0.2) is 29.2 Å². The second-order valence-corrected chi connectivity index (χ2v) is 5.16. The maximum atomic E-state index is 10.8. The van der Waals surface area contributed by atoms with Gasteiger partial charge in [0.2, 0.25) is 0 Å². The number of carboxylic acid groups (broad SMARTS) is 1. The van der Waals surface area contributed by atoms with Crippen molar-refractivity contribution in [3.8, 4) is 0 Å². The number of hydrogen-bond acceptors (Lipinski definition) is 3. The molecule has 2 rings (SSSR count). The van der Waals surface area contributed by atoms with Crippen LogP contribution in [0.2, 0.25) is 0 Å². The lowest BCUT2D eigenvalue weighted by Gasteiger charge is -2.21. The van der Waals surface area contributed by atoms with Crippen LogP contribution in [-0.2, 0) is 4.74 Å². The molecule has 1 saturated heterocycles. The lowest BCUT2D eigenvalue weighted by molar-refractivity contribution is 0.0696. The highest BCUT2D eigenvalue weighted by Crippen LogP contribution is 2.29. The Morgan fingerprint density at radius 1 is 1.50 bits per heavy atom. The monoisotopic (exact) mass is 238 g/mol. The molecule has 1 fully saturated rings. The van der Waals surface area contributed by atoms with Crippen LogP contribution >= 0.6 is 11.8 Å². The van der Waals surface area contributed by atoms with Crippen molar-refractivity contribution in [3.05, 3.63) is 29.8 Å². The Morgan fingerprint density at radius 2 is 2.38 bits per heavy atom. The molecule has 4 heteroatoms. The summed E-state index contributed by atoms with van der Waals surface area (Å²) in [4.78, 5) is 11.8. The third kappa shape index (κ3) is 3.00. The summed E-state index contributed by atoms with van der Waals surface area (Å²) in [6.45, 7) is 1.62. The molecule has 0 amide bonds. The maximum Gasteiger partial charge on any atom is 0.335 e. The lowest BCUT2D eigenvalue weighted by Crippen LogP contribution is -2.19. The molecule has 0 radical (unpaired) electrons. The first-order valence-electron chi connectivity index (χ1n) is 5.33. The fourth-order valence-electron chi connectivity index (χ4n) is 1.70. The Hall–Kier alpha value is -1.00. The van der Waals surface area contributed by atoms with Gasteiger partial charge in [0.05, 0.1) is 12.2 Å². The van der Waals surface area contributed by atoms with E-state index in [1.54, 1.807) is 30.0 Å². The summed E-state index contributed by atoms with van der Waals surface area (Å²) in [5.41, 5.74) is 0.349. The normalized spacial score (nSPS) is 20.6. The van der Waals surface area contributed by atoms with Crippen LogP contribution in [0.4, 0.5) is 0 Å². The molecule has 86 valence electrons. The second kappa shape index (κ2) is 5.37. The van der Waals surface area contributed by atoms with Gasteiger partial charge in [-0.15, -0.1) is 11.8 Å². The highest BCUT2D eigenvalue weighted by Gasteiger charge is 2.15. The van der Waals surface area contributed by atoms with E-state index in [1.807, 2.05) is 6.07 Å². The Labute approximate surface area is 98.8 Å². The van der Waals surface area contributed by atoms with Crippen molar-refractivity contribution in [2.75, 3.05) is 13.2 Å². The first-order valence-corrected chi connectivity index (χ1v) is 6.21. The number of carbonyl (C=O) groups is 1. The van der Waals surface area contributed by atoms with Crippen molar-refractivity contribution in [1.82, 2.24) is 0 Å². The van der Waals surface area contributed by atoms with Crippen LogP contribution in [0.3, 0.4) is 0 Å². The molecular weight excluding hydrogens is 224 g/mol. The second-order valence-electron chi connectivity index (χ2n) is 3.79. The number of aromatic carboxylic acids is 1. The predicted molar refractivity (Wildman–Crippen MR) is 63.1 cm³/mol. The van der Waals surface area contributed by atoms with Crippen molar-refractivity contribution < 1.29 is 14.6 Å². The third-order valence-electron chi connectivity index (χ3n) is 2.50. The summed E-state index contributed by atoms with van der Waals surface area (Å²) < 4.78 is 5.39. The smallest absolute Gasteiger partial charge is 0.335 e. The molecule has 1 aromatic rings. The standard InChI is InChI=1S/C12H14O3S/c13-12(14)9-3-1-4-10(7-9)16-11-5-2-6-15-8-11/h1,3-4,7,11H,2,5-6,8H2,(H,13,14). The average Bonchev–Trinajstić information content (AvgIpc) is 2.30. The molecular formula is C12H14O3S. The predicted octanol–water partition coefficient (Wildman–Crippen LogP) is 2.66. The van der Waals surface area contributed by atoms with Gasteiger partial charge in [0.15, 0.2) is 0 Å². The Kier molecular flexibility index (Phi) is 3.85. The average molecular weight is 238 g/mol. The molecule has 1 atom stereocenters. The molecule has 0 bridgehead atoms. The van der Waals surface area contributed by atoms with E-state index in [0.29, 0.717) is 10.8 Å². The molecule has 0 saturated carbocycles. The van der Waals surface area contributed by atoms with Gasteiger partial charge in [0, 0.05) is 16.8 Å². The molecule has 1 aliphatic rings. The first kappa shape index (κ1) is 11.5. The fraction of sp³-hybridized carbons (Fsp3) is 0.417. The van der Waals surface area contributed by atoms with Gasteiger partial charge in [0.1, 0.15) is 0 Å². The summed E-state index contributed by atoms with van der Waals surface area (Å²) in [7, 11) is 0. The summed E-state index contributed by atoms with van der Waals surface area (Å²) >= 11 is 1.71. The Balaban J connectivity index is 2.02. The number of benzene rings is 1. The molecule has 1 aliphatic heterocycles. The van der Waals surface area contributed by atoms with Crippen LogP contribution in [0.25, 0.3) is 0 Å². The summed E-state index contributed by atoms with van der Waals surface area (Å²) in [5.74, 6) is -0.873. The van der Waals surface area contributed by atoms with E-state index in [4.69, 9.17) is 9.84 Å². The molecule has 0 aliphatic carbocycles. The molecule has 0 spiro atoms. The summed E-state index contributed by atoms with van der Waals surface area (Å²) in [6, 6.07) is 7.08.